The van der Waals surface area contributed by atoms with Gasteiger partial charge in [-0.15, -0.1) is 10.2 Å². The van der Waals surface area contributed by atoms with Gasteiger partial charge in [-0.3, -0.25) is 4.68 Å². The number of nitrogens with zero attached hydrogens (tertiary/aromatic N) is 6. The molecular weight excluding hydrogens is 399 g/mol. The molecule has 2 unspecified atom stereocenters. The lowest BCUT2D eigenvalue weighted by Crippen LogP contribution is -2.28. The Labute approximate surface area is 170 Å². The van der Waals surface area contributed by atoms with Crippen molar-refractivity contribution < 1.29 is 17.6 Å². The predicted molar refractivity (Wildman–Crippen MR) is 101 cm³/mol. The van der Waals surface area contributed by atoms with Gasteiger partial charge in [-0.1, -0.05) is 6.92 Å². The molecule has 0 spiro atoms. The summed E-state index contributed by atoms with van der Waals surface area (Å²) in [5.41, 5.74) is -0.249. The maximum absolute atomic E-state index is 13.4. The average molecular weight is 421 g/mol. The van der Waals surface area contributed by atoms with Crippen molar-refractivity contribution >= 4 is 11.6 Å². The van der Waals surface area contributed by atoms with Crippen LogP contribution >= 0.6 is 0 Å². The number of aryl methyl sites for hydroxylation is 2. The fourth-order valence-electron chi connectivity index (χ4n) is 3.29. The Morgan fingerprint density at radius 1 is 1.20 bits per heavy atom. The molecule has 0 aromatic carbocycles. The van der Waals surface area contributed by atoms with Crippen LogP contribution in [0.4, 0.5) is 24.8 Å². The second-order valence-corrected chi connectivity index (χ2v) is 8.19. The first-order valence-corrected chi connectivity index (χ1v) is 9.55. The Morgan fingerprint density at radius 2 is 1.90 bits per heavy atom. The summed E-state index contributed by atoms with van der Waals surface area (Å²) in [4.78, 5) is 8.09. The van der Waals surface area contributed by atoms with Crippen molar-refractivity contribution in [2.24, 2.45) is 5.92 Å². The molecule has 1 aliphatic rings. The van der Waals surface area contributed by atoms with E-state index in [4.69, 9.17) is 4.42 Å². The fourth-order valence-corrected chi connectivity index (χ4v) is 3.29. The third kappa shape index (κ3) is 3.63. The number of hydrogen-bond acceptors (Lipinski definition) is 7. The Hall–Kier alpha value is -2.98. The molecule has 0 radical (unpaired) electrons. The zero-order valence-corrected chi connectivity index (χ0v) is 17.2. The summed E-state index contributed by atoms with van der Waals surface area (Å²) in [6.45, 7) is 9.14. The van der Waals surface area contributed by atoms with Crippen molar-refractivity contribution in [1.29, 1.82) is 0 Å². The molecule has 1 fully saturated rings. The standard InChI is InChI=1S/C19H22F3N7O/c1-9-6-12(9)15-13(19(20,21)22)7-23-17(25-15)24-14-8-29(28-10(14)2)18(4,5)16-27-26-11(3)30-16/h7-9,12H,6H2,1-5H3,(H,23,24,25). The van der Waals surface area contributed by atoms with Crippen molar-refractivity contribution in [3.63, 3.8) is 0 Å². The van der Waals surface area contributed by atoms with Crippen LogP contribution in [0.15, 0.2) is 16.8 Å². The Balaban J connectivity index is 1.64. The van der Waals surface area contributed by atoms with Gasteiger partial charge in [0.25, 0.3) is 0 Å². The Kier molecular flexibility index (Phi) is 4.59. The van der Waals surface area contributed by atoms with E-state index in [0.29, 0.717) is 29.6 Å². The van der Waals surface area contributed by atoms with Crippen LogP contribution in [0.5, 0.6) is 0 Å². The van der Waals surface area contributed by atoms with Crippen molar-refractivity contribution in [2.75, 3.05) is 5.32 Å². The van der Waals surface area contributed by atoms with E-state index in [1.807, 2.05) is 20.8 Å². The molecule has 3 aromatic heterocycles. The van der Waals surface area contributed by atoms with E-state index in [0.717, 1.165) is 6.20 Å². The number of hydrogen-bond donors (Lipinski definition) is 1. The van der Waals surface area contributed by atoms with E-state index in [9.17, 15) is 13.2 Å². The minimum absolute atomic E-state index is 0.0409. The normalized spacial score (nSPS) is 19.2. The van der Waals surface area contributed by atoms with E-state index in [-0.39, 0.29) is 23.5 Å². The number of nitrogens with one attached hydrogen (secondary N) is 1. The molecule has 0 amide bonds. The summed E-state index contributed by atoms with van der Waals surface area (Å²) >= 11 is 0. The Morgan fingerprint density at radius 3 is 2.47 bits per heavy atom. The molecule has 8 nitrogen and oxygen atoms in total. The summed E-state index contributed by atoms with van der Waals surface area (Å²) in [6, 6.07) is 0. The van der Waals surface area contributed by atoms with Crippen LogP contribution in [0.2, 0.25) is 0 Å². The molecule has 160 valence electrons. The van der Waals surface area contributed by atoms with Gasteiger partial charge in [-0.2, -0.15) is 18.3 Å². The first-order chi connectivity index (χ1) is 14.0. The summed E-state index contributed by atoms with van der Waals surface area (Å²) in [6.07, 6.45) is -1.23. The van der Waals surface area contributed by atoms with Crippen molar-refractivity contribution in [2.45, 2.75) is 58.7 Å². The molecule has 2 atom stereocenters. The number of aromatic nitrogens is 6. The number of alkyl halides is 3. The van der Waals surface area contributed by atoms with Gasteiger partial charge in [0.15, 0.2) is 0 Å². The lowest BCUT2D eigenvalue weighted by molar-refractivity contribution is -0.138. The monoisotopic (exact) mass is 421 g/mol. The van der Waals surface area contributed by atoms with Gasteiger partial charge in [0.2, 0.25) is 17.7 Å². The summed E-state index contributed by atoms with van der Waals surface area (Å²) < 4.78 is 47.2. The third-order valence-electron chi connectivity index (χ3n) is 5.35. The van der Waals surface area contributed by atoms with E-state index in [2.05, 4.69) is 30.6 Å². The van der Waals surface area contributed by atoms with E-state index < -0.39 is 17.3 Å². The second-order valence-electron chi connectivity index (χ2n) is 8.19. The van der Waals surface area contributed by atoms with Crippen LogP contribution in [0, 0.1) is 19.8 Å². The molecule has 0 aliphatic heterocycles. The molecule has 0 bridgehead atoms. The van der Waals surface area contributed by atoms with Gasteiger partial charge in [0.05, 0.1) is 28.8 Å². The van der Waals surface area contributed by atoms with Gasteiger partial charge in [-0.25, -0.2) is 9.97 Å². The maximum Gasteiger partial charge on any atom is 0.419 e. The molecular formula is C19H22F3N7O. The summed E-state index contributed by atoms with van der Waals surface area (Å²) in [5.74, 6) is 0.919. The van der Waals surface area contributed by atoms with Gasteiger partial charge in [-0.05, 0) is 33.1 Å². The van der Waals surface area contributed by atoms with Crippen LogP contribution in [0.25, 0.3) is 0 Å². The van der Waals surface area contributed by atoms with Crippen molar-refractivity contribution in [3.05, 3.63) is 41.1 Å². The van der Waals surface area contributed by atoms with E-state index in [1.165, 1.54) is 0 Å². The zero-order valence-electron chi connectivity index (χ0n) is 17.2. The summed E-state index contributed by atoms with van der Waals surface area (Å²) in [7, 11) is 0. The number of anilines is 2. The number of halogens is 3. The SMILES string of the molecule is Cc1nnc(C(C)(C)n2cc(Nc3ncc(C(F)(F)F)c(C4CC4C)n3)c(C)n2)o1. The fraction of sp³-hybridized carbons (Fsp3) is 0.526. The summed E-state index contributed by atoms with van der Waals surface area (Å²) in [5, 5.41) is 15.4. The van der Waals surface area contributed by atoms with Crippen molar-refractivity contribution in [1.82, 2.24) is 29.9 Å². The Bertz CT molecular complexity index is 1090. The molecule has 3 aromatic rings. The minimum Gasteiger partial charge on any atom is -0.423 e. The topological polar surface area (TPSA) is 94.6 Å². The largest absolute Gasteiger partial charge is 0.423 e. The number of rotatable bonds is 5. The molecule has 1 saturated carbocycles. The first kappa shape index (κ1) is 20.3. The third-order valence-corrected chi connectivity index (χ3v) is 5.35. The van der Waals surface area contributed by atoms with Gasteiger partial charge in [0.1, 0.15) is 5.54 Å². The molecule has 1 aliphatic carbocycles. The molecule has 30 heavy (non-hydrogen) atoms. The van der Waals surface area contributed by atoms with Gasteiger partial charge in [0, 0.05) is 19.0 Å². The van der Waals surface area contributed by atoms with E-state index >= 15 is 0 Å². The first-order valence-electron chi connectivity index (χ1n) is 9.55. The predicted octanol–water partition coefficient (Wildman–Crippen LogP) is 4.34. The maximum atomic E-state index is 13.4. The lowest BCUT2D eigenvalue weighted by Gasteiger charge is -2.20. The van der Waals surface area contributed by atoms with Gasteiger partial charge >= 0.3 is 6.18 Å². The van der Waals surface area contributed by atoms with Crippen LogP contribution in [-0.2, 0) is 11.7 Å². The molecule has 1 N–H and O–H groups in total. The van der Waals surface area contributed by atoms with Crippen LogP contribution in [-0.4, -0.2) is 29.9 Å². The van der Waals surface area contributed by atoms with Gasteiger partial charge < -0.3 is 9.73 Å². The quantitative estimate of drug-likeness (QED) is 0.655. The second kappa shape index (κ2) is 6.78. The van der Waals surface area contributed by atoms with E-state index in [1.54, 1.807) is 24.7 Å². The highest BCUT2D eigenvalue weighted by molar-refractivity contribution is 5.55. The molecule has 4 rings (SSSR count). The highest BCUT2D eigenvalue weighted by Crippen LogP contribution is 2.49. The molecule has 0 saturated heterocycles. The minimum atomic E-state index is -4.48. The average Bonchev–Trinajstić information content (AvgIpc) is 3.02. The molecule has 3 heterocycles. The van der Waals surface area contributed by atoms with Crippen LogP contribution < -0.4 is 5.32 Å². The van der Waals surface area contributed by atoms with Crippen molar-refractivity contribution in [3.8, 4) is 0 Å². The van der Waals surface area contributed by atoms with Crippen LogP contribution in [0.1, 0.15) is 61.8 Å². The van der Waals surface area contributed by atoms with Crippen LogP contribution in [0.3, 0.4) is 0 Å². The highest BCUT2D eigenvalue weighted by atomic mass is 19.4. The smallest absolute Gasteiger partial charge is 0.419 e. The zero-order chi connectivity index (χ0) is 21.8. The molecule has 11 heteroatoms. The lowest BCUT2D eigenvalue weighted by atomic mass is 10.1. The highest BCUT2D eigenvalue weighted by Gasteiger charge is 2.44.